The van der Waals surface area contributed by atoms with Gasteiger partial charge >= 0.3 is 5.97 Å². The van der Waals surface area contributed by atoms with E-state index in [0.29, 0.717) is 22.4 Å². The molecule has 1 aromatic carbocycles. The van der Waals surface area contributed by atoms with Crippen LogP contribution in [0.25, 0.3) is 10.9 Å². The first-order valence-corrected chi connectivity index (χ1v) is 8.39. The number of halogens is 1. The van der Waals surface area contributed by atoms with E-state index in [1.165, 1.54) is 18.2 Å². The molecule has 0 aliphatic carbocycles. The second-order valence-electron chi connectivity index (χ2n) is 6.07. The molecule has 0 fully saturated rings. The fraction of sp³-hybridized carbons (Fsp3) is 0.263. The number of carbonyl (C=O) groups excluding carboxylic acids is 2. The quantitative estimate of drug-likeness (QED) is 0.689. The zero-order valence-corrected chi connectivity index (χ0v) is 15.1. The molecule has 0 saturated carbocycles. The van der Waals surface area contributed by atoms with Crippen molar-refractivity contribution < 1.29 is 23.2 Å². The zero-order valence-electron chi connectivity index (χ0n) is 15.1. The van der Waals surface area contributed by atoms with Crippen molar-refractivity contribution >= 4 is 28.6 Å². The molecule has 0 aliphatic rings. The van der Waals surface area contributed by atoms with Crippen LogP contribution in [0.2, 0.25) is 0 Å². The van der Waals surface area contributed by atoms with Crippen LogP contribution in [-0.4, -0.2) is 28.1 Å². The number of aromatic nitrogens is 2. The Hall–Kier alpha value is -3.29. The number of anilines is 1. The number of esters is 1. The fourth-order valence-electron chi connectivity index (χ4n) is 2.59. The van der Waals surface area contributed by atoms with E-state index in [1.807, 2.05) is 0 Å². The predicted octanol–water partition coefficient (Wildman–Crippen LogP) is 3.55. The van der Waals surface area contributed by atoms with Gasteiger partial charge in [-0.25, -0.2) is 9.18 Å². The van der Waals surface area contributed by atoms with E-state index in [4.69, 9.17) is 9.26 Å². The van der Waals surface area contributed by atoms with E-state index in [9.17, 15) is 14.0 Å². The van der Waals surface area contributed by atoms with E-state index >= 15 is 0 Å². The van der Waals surface area contributed by atoms with Gasteiger partial charge in [-0.2, -0.15) is 0 Å². The monoisotopic (exact) mass is 371 g/mol. The molecule has 0 aliphatic heterocycles. The van der Waals surface area contributed by atoms with E-state index in [-0.39, 0.29) is 17.8 Å². The molecule has 2 aromatic heterocycles. The Labute approximate surface area is 154 Å². The number of nitrogens with zero attached hydrogens (tertiary/aromatic N) is 2. The van der Waals surface area contributed by atoms with Crippen molar-refractivity contribution in [3.05, 3.63) is 53.2 Å². The van der Waals surface area contributed by atoms with Crippen LogP contribution in [0.1, 0.15) is 35.2 Å². The molecule has 2 heterocycles. The number of hydrogen-bond acceptors (Lipinski definition) is 6. The number of rotatable bonds is 5. The van der Waals surface area contributed by atoms with Crippen molar-refractivity contribution in [3.8, 4) is 0 Å². The van der Waals surface area contributed by atoms with Gasteiger partial charge in [-0.3, -0.25) is 9.78 Å². The summed E-state index contributed by atoms with van der Waals surface area (Å²) in [5.41, 5.74) is 1.05. The maximum absolute atomic E-state index is 13.3. The third-order valence-electron chi connectivity index (χ3n) is 3.98. The van der Waals surface area contributed by atoms with Crippen LogP contribution in [0, 0.1) is 19.7 Å². The summed E-state index contributed by atoms with van der Waals surface area (Å²) in [5.74, 6) is -0.796. The van der Waals surface area contributed by atoms with Gasteiger partial charge in [0.15, 0.2) is 11.9 Å². The first-order chi connectivity index (χ1) is 12.9. The topological polar surface area (TPSA) is 94.3 Å². The van der Waals surface area contributed by atoms with Gasteiger partial charge in [-0.1, -0.05) is 12.1 Å². The summed E-state index contributed by atoms with van der Waals surface area (Å²) in [4.78, 5) is 29.1. The minimum absolute atomic E-state index is 0.220. The molecule has 0 unspecified atom stereocenters. The van der Waals surface area contributed by atoms with Crippen LogP contribution >= 0.6 is 0 Å². The van der Waals surface area contributed by atoms with Gasteiger partial charge in [0.2, 0.25) is 0 Å². The number of carbonyl (C=O) groups is 2. The first kappa shape index (κ1) is 18.5. The molecule has 8 heteroatoms. The number of hydrogen-bond donors (Lipinski definition) is 1. The summed E-state index contributed by atoms with van der Waals surface area (Å²) >= 11 is 0. The highest BCUT2D eigenvalue weighted by Gasteiger charge is 2.24. The molecule has 27 heavy (non-hydrogen) atoms. The minimum Gasteiger partial charge on any atom is -0.449 e. The molecule has 1 amide bonds. The van der Waals surface area contributed by atoms with Gasteiger partial charge in [0.1, 0.15) is 11.6 Å². The molecule has 1 atom stereocenters. The summed E-state index contributed by atoms with van der Waals surface area (Å²) < 4.78 is 23.6. The van der Waals surface area contributed by atoms with Crippen LogP contribution in [0.4, 0.5) is 10.2 Å². The summed E-state index contributed by atoms with van der Waals surface area (Å²) in [6.45, 7) is 5.04. The Morgan fingerprint density at radius 1 is 1.26 bits per heavy atom. The number of benzene rings is 1. The summed E-state index contributed by atoms with van der Waals surface area (Å²) in [5, 5.41) is 6.82. The zero-order chi connectivity index (χ0) is 19.6. The minimum atomic E-state index is -1.00. The average molecular weight is 371 g/mol. The summed E-state index contributed by atoms with van der Waals surface area (Å²) in [6.07, 6.45) is -0.725. The normalized spacial score (nSPS) is 12.0. The maximum Gasteiger partial charge on any atom is 0.340 e. The number of amides is 1. The van der Waals surface area contributed by atoms with Crippen molar-refractivity contribution in [1.82, 2.24) is 10.1 Å². The standard InChI is InChI=1S/C19H18FN3O4/c1-4-16(18(24)22-17-7-10(2)27-23-17)26-19(25)14-8-12-5-6-13(20)9-15(12)21-11(14)3/h5-9,16H,4H2,1-3H3,(H,22,23,24)/t16-/m0/s1. The molecular weight excluding hydrogens is 353 g/mol. The number of pyridine rings is 1. The predicted molar refractivity (Wildman–Crippen MR) is 95.8 cm³/mol. The molecule has 0 spiro atoms. The molecule has 0 radical (unpaired) electrons. The molecule has 1 N–H and O–H groups in total. The average Bonchev–Trinajstić information content (AvgIpc) is 3.03. The smallest absolute Gasteiger partial charge is 0.340 e. The fourth-order valence-corrected chi connectivity index (χ4v) is 2.59. The van der Waals surface area contributed by atoms with Crippen LogP contribution < -0.4 is 5.32 Å². The van der Waals surface area contributed by atoms with Crippen molar-refractivity contribution in [3.63, 3.8) is 0 Å². The highest BCUT2D eigenvalue weighted by atomic mass is 19.1. The van der Waals surface area contributed by atoms with E-state index < -0.39 is 23.8 Å². The highest BCUT2D eigenvalue weighted by molar-refractivity contribution is 5.99. The van der Waals surface area contributed by atoms with Gasteiger partial charge in [0.25, 0.3) is 5.91 Å². The number of nitrogens with one attached hydrogen (secondary N) is 1. The molecular formula is C19H18FN3O4. The lowest BCUT2D eigenvalue weighted by atomic mass is 10.1. The van der Waals surface area contributed by atoms with E-state index in [0.717, 1.165) is 0 Å². The van der Waals surface area contributed by atoms with Crippen molar-refractivity contribution in [2.75, 3.05) is 5.32 Å². The lowest BCUT2D eigenvalue weighted by Gasteiger charge is -2.16. The Kier molecular flexibility index (Phi) is 5.16. The van der Waals surface area contributed by atoms with Crippen LogP contribution in [0.5, 0.6) is 0 Å². The van der Waals surface area contributed by atoms with Crippen molar-refractivity contribution in [1.29, 1.82) is 0 Å². The third kappa shape index (κ3) is 4.11. The Balaban J connectivity index is 1.78. The van der Waals surface area contributed by atoms with E-state index in [1.54, 1.807) is 32.9 Å². The second kappa shape index (κ2) is 7.53. The third-order valence-corrected chi connectivity index (χ3v) is 3.98. The Morgan fingerprint density at radius 2 is 2.04 bits per heavy atom. The van der Waals surface area contributed by atoms with Gasteiger partial charge in [-0.15, -0.1) is 0 Å². The number of ether oxygens (including phenoxy) is 1. The Morgan fingerprint density at radius 3 is 2.70 bits per heavy atom. The number of fused-ring (bicyclic) bond motifs is 1. The lowest BCUT2D eigenvalue weighted by Crippen LogP contribution is -2.32. The lowest BCUT2D eigenvalue weighted by molar-refractivity contribution is -0.124. The van der Waals surface area contributed by atoms with Gasteiger partial charge < -0.3 is 14.6 Å². The number of aryl methyl sites for hydroxylation is 2. The van der Waals surface area contributed by atoms with E-state index in [2.05, 4.69) is 15.5 Å². The van der Waals surface area contributed by atoms with Gasteiger partial charge in [-0.05, 0) is 38.5 Å². The SMILES string of the molecule is CC[C@H](OC(=O)c1cc2ccc(F)cc2nc1C)C(=O)Nc1cc(C)on1. The highest BCUT2D eigenvalue weighted by Crippen LogP contribution is 2.19. The molecule has 0 bridgehead atoms. The van der Waals surface area contributed by atoms with Crippen LogP contribution in [-0.2, 0) is 9.53 Å². The van der Waals surface area contributed by atoms with Crippen LogP contribution in [0.15, 0.2) is 34.9 Å². The summed E-state index contributed by atoms with van der Waals surface area (Å²) in [6, 6.07) is 7.25. The first-order valence-electron chi connectivity index (χ1n) is 8.39. The van der Waals surface area contributed by atoms with Crippen molar-refractivity contribution in [2.45, 2.75) is 33.3 Å². The van der Waals surface area contributed by atoms with Gasteiger partial charge in [0, 0.05) is 17.5 Å². The van der Waals surface area contributed by atoms with Crippen LogP contribution in [0.3, 0.4) is 0 Å². The van der Waals surface area contributed by atoms with Crippen molar-refractivity contribution in [2.24, 2.45) is 0 Å². The summed E-state index contributed by atoms with van der Waals surface area (Å²) in [7, 11) is 0. The molecule has 3 aromatic rings. The molecule has 140 valence electrons. The Bertz CT molecular complexity index is 1020. The largest absolute Gasteiger partial charge is 0.449 e. The molecule has 3 rings (SSSR count). The maximum atomic E-state index is 13.3. The molecule has 0 saturated heterocycles. The molecule has 7 nitrogen and oxygen atoms in total. The second-order valence-corrected chi connectivity index (χ2v) is 6.07. The van der Waals surface area contributed by atoms with Gasteiger partial charge in [0.05, 0.1) is 16.8 Å².